The molecule has 4 aromatic rings. The maximum atomic E-state index is 13.1. The van der Waals surface area contributed by atoms with Crippen LogP contribution < -0.4 is 11.5 Å². The van der Waals surface area contributed by atoms with Gasteiger partial charge in [0.25, 0.3) is 0 Å². The van der Waals surface area contributed by atoms with E-state index in [1.165, 1.54) is 34.4 Å². The number of nitrogens with zero attached hydrogens (tertiary/aromatic N) is 8. The minimum absolute atomic E-state index is 0.0687. The lowest BCUT2D eigenvalue weighted by Gasteiger charge is -2.24. The number of aromatic nitrogens is 8. The van der Waals surface area contributed by atoms with Crippen LogP contribution in [0.25, 0.3) is 22.3 Å². The lowest BCUT2D eigenvalue weighted by Crippen LogP contribution is -2.37. The van der Waals surface area contributed by atoms with Crippen molar-refractivity contribution in [2.45, 2.75) is 49.1 Å². The molecule has 10 atom stereocenters. The Morgan fingerprint density at radius 2 is 1.11 bits per heavy atom. The highest BCUT2D eigenvalue weighted by Gasteiger charge is 2.50. The number of nitrogens with two attached hydrogens (primary N) is 2. The SMILES string of the molecule is Nc1ncnc2c1ncn2[C@@H]1O[C@@H]2COP(=O)(O)COC3[C@@H](O)[C@@H](COP(=O)(O)COC1[C@H]2O)O[C@H]3n1cnc2c(N)ncnc21. The molecule has 4 unspecified atom stereocenters. The van der Waals surface area contributed by atoms with Gasteiger partial charge in [0.2, 0.25) is 0 Å². The van der Waals surface area contributed by atoms with Crippen molar-refractivity contribution in [3.8, 4) is 0 Å². The number of aliphatic hydroxyl groups excluding tert-OH is 2. The topological polar surface area (TPSA) is 310 Å². The Balaban J connectivity index is 1.18. The van der Waals surface area contributed by atoms with E-state index in [-0.39, 0.29) is 34.0 Å². The molecule has 0 saturated carbocycles. The molecule has 0 amide bonds. The van der Waals surface area contributed by atoms with Crippen molar-refractivity contribution in [3.05, 3.63) is 25.3 Å². The van der Waals surface area contributed by atoms with Gasteiger partial charge in [-0.1, -0.05) is 0 Å². The number of aliphatic hydroxyl groups is 2. The van der Waals surface area contributed by atoms with Gasteiger partial charge in [-0.2, -0.15) is 0 Å². The summed E-state index contributed by atoms with van der Waals surface area (Å²) in [5, 5.41) is 22.2. The molecule has 22 nitrogen and oxygen atoms in total. The molecule has 8 N–H and O–H groups in total. The summed E-state index contributed by atoms with van der Waals surface area (Å²) in [5.74, 6) is 0.137. The Morgan fingerprint density at radius 3 is 1.52 bits per heavy atom. The van der Waals surface area contributed by atoms with Crippen molar-refractivity contribution in [1.29, 1.82) is 0 Å². The lowest BCUT2D eigenvalue weighted by atomic mass is 10.1. The molecule has 24 heteroatoms. The quantitative estimate of drug-likeness (QED) is 0.130. The number of nitrogen functional groups attached to an aromatic ring is 2. The van der Waals surface area contributed by atoms with Crippen LogP contribution in [0.4, 0.5) is 11.6 Å². The fraction of sp³-hybridized carbons (Fsp3) is 0.545. The van der Waals surface area contributed by atoms with Crippen molar-refractivity contribution >= 4 is 49.2 Å². The Hall–Kier alpha value is -3.24. The molecule has 4 bridgehead atoms. The predicted molar refractivity (Wildman–Crippen MR) is 150 cm³/mol. The number of rotatable bonds is 2. The summed E-state index contributed by atoms with van der Waals surface area (Å²) in [7, 11) is -9.14. The summed E-state index contributed by atoms with van der Waals surface area (Å²) in [6, 6.07) is 0. The van der Waals surface area contributed by atoms with E-state index < -0.39 is 90.2 Å². The number of ether oxygens (including phenoxy) is 4. The predicted octanol–water partition coefficient (Wildman–Crippen LogP) is -1.55. The summed E-state index contributed by atoms with van der Waals surface area (Å²) in [6.45, 7) is -1.27. The van der Waals surface area contributed by atoms with Crippen molar-refractivity contribution in [2.24, 2.45) is 0 Å². The molecular weight excluding hydrogens is 658 g/mol. The van der Waals surface area contributed by atoms with Gasteiger partial charge >= 0.3 is 15.2 Å². The zero-order valence-corrected chi connectivity index (χ0v) is 25.2. The van der Waals surface area contributed by atoms with Crippen LogP contribution in [0.1, 0.15) is 12.5 Å². The van der Waals surface area contributed by atoms with Crippen LogP contribution in [-0.2, 0) is 37.1 Å². The minimum Gasteiger partial charge on any atom is -0.387 e. The molecule has 3 aliphatic heterocycles. The zero-order chi connectivity index (χ0) is 32.4. The zero-order valence-electron chi connectivity index (χ0n) is 23.4. The first kappa shape index (κ1) is 31.4. The molecule has 3 fully saturated rings. The molecule has 3 saturated heterocycles. The number of fused-ring (bicyclic) bond motifs is 6. The van der Waals surface area contributed by atoms with Crippen LogP contribution in [0.2, 0.25) is 0 Å². The third kappa shape index (κ3) is 5.65. The monoisotopic (exact) mass is 686 g/mol. The van der Waals surface area contributed by atoms with E-state index in [2.05, 4.69) is 29.9 Å². The van der Waals surface area contributed by atoms with Gasteiger partial charge in [-0.25, -0.2) is 29.9 Å². The number of anilines is 2. The summed E-state index contributed by atoms with van der Waals surface area (Å²) < 4.78 is 62.7. The van der Waals surface area contributed by atoms with E-state index in [4.69, 9.17) is 39.5 Å². The smallest absolute Gasteiger partial charge is 0.353 e. The molecule has 4 aromatic heterocycles. The third-order valence-corrected chi connectivity index (χ3v) is 9.75. The van der Waals surface area contributed by atoms with Gasteiger partial charge in [-0.15, -0.1) is 0 Å². The Morgan fingerprint density at radius 1 is 0.696 bits per heavy atom. The third-order valence-electron chi connectivity index (χ3n) is 7.69. The first-order chi connectivity index (χ1) is 21.9. The Bertz CT molecular complexity index is 1730. The summed E-state index contributed by atoms with van der Waals surface area (Å²) in [4.78, 5) is 45.7. The molecule has 0 spiro atoms. The van der Waals surface area contributed by atoms with Crippen molar-refractivity contribution < 1.29 is 57.1 Å². The molecule has 3 aliphatic rings. The summed E-state index contributed by atoms with van der Waals surface area (Å²) in [6.07, 6.45) is -7.65. The highest BCUT2D eigenvalue weighted by Crippen LogP contribution is 2.48. The Kier molecular flexibility index (Phi) is 8.03. The highest BCUT2D eigenvalue weighted by molar-refractivity contribution is 7.52. The van der Waals surface area contributed by atoms with E-state index >= 15 is 0 Å². The second kappa shape index (κ2) is 11.8. The molecule has 248 valence electrons. The number of imidazole rings is 2. The van der Waals surface area contributed by atoms with Gasteiger partial charge in [-0.05, 0) is 0 Å². The summed E-state index contributed by atoms with van der Waals surface area (Å²) >= 11 is 0. The average molecular weight is 686 g/mol. The van der Waals surface area contributed by atoms with Crippen LogP contribution in [0.5, 0.6) is 0 Å². The van der Waals surface area contributed by atoms with Crippen LogP contribution in [-0.4, -0.2) is 122 Å². The highest BCUT2D eigenvalue weighted by atomic mass is 31.2. The van der Waals surface area contributed by atoms with E-state index in [0.717, 1.165) is 0 Å². The lowest BCUT2D eigenvalue weighted by molar-refractivity contribution is -0.0711. The van der Waals surface area contributed by atoms with Gasteiger partial charge in [0.05, 0.1) is 25.9 Å². The average Bonchev–Trinajstić information content (AvgIpc) is 3.77. The first-order valence-electron chi connectivity index (χ1n) is 13.6. The van der Waals surface area contributed by atoms with E-state index in [1.54, 1.807) is 0 Å². The van der Waals surface area contributed by atoms with Gasteiger partial charge < -0.3 is 59.5 Å². The Labute approximate surface area is 257 Å². The van der Waals surface area contributed by atoms with E-state index in [9.17, 15) is 29.1 Å². The molecule has 46 heavy (non-hydrogen) atoms. The summed E-state index contributed by atoms with van der Waals surface area (Å²) in [5.41, 5.74) is 12.6. The standard InChI is InChI=1S/C22H28N10O12P2/c23-17-11-19(27-3-25-17)31(5-29-11)21-15-13(33)9(43-21)1-41-45(35,36)7-39-16-14(34)10(2-42-46(37,38)8-40-15)44-22(16)32-6-30-12-18(24)26-4-28-20(12)32/h3-6,9-10,13-16,21-22,33-34H,1-2,7-8H2,(H,35,36)(H,37,38)(H2,23,25,27)(H2,24,26,28)/t9-,10-,13+,14+,15?,16?,21-,22-/m1/s1. The number of hydrogen-bond acceptors (Lipinski definition) is 18. The van der Waals surface area contributed by atoms with Crippen LogP contribution in [0.15, 0.2) is 25.3 Å². The van der Waals surface area contributed by atoms with Gasteiger partial charge in [0, 0.05) is 0 Å². The second-order valence-electron chi connectivity index (χ2n) is 10.7. The van der Waals surface area contributed by atoms with Crippen LogP contribution in [0, 0.1) is 0 Å². The minimum atomic E-state index is -4.57. The van der Waals surface area contributed by atoms with Gasteiger partial charge in [0.15, 0.2) is 35.4 Å². The molecular formula is C22H28N10O12P2. The number of hydrogen-bond donors (Lipinski definition) is 6. The molecule has 0 aliphatic carbocycles. The van der Waals surface area contributed by atoms with Crippen LogP contribution in [0.3, 0.4) is 0 Å². The van der Waals surface area contributed by atoms with Crippen molar-refractivity contribution in [3.63, 3.8) is 0 Å². The van der Waals surface area contributed by atoms with Gasteiger partial charge in [-0.3, -0.25) is 18.3 Å². The fourth-order valence-corrected chi connectivity index (χ4v) is 7.08. The molecule has 0 aromatic carbocycles. The van der Waals surface area contributed by atoms with Crippen LogP contribution >= 0.6 is 15.2 Å². The first-order valence-corrected chi connectivity index (χ1v) is 17.1. The fourth-order valence-electron chi connectivity index (χ4n) is 5.45. The van der Waals surface area contributed by atoms with Crippen molar-refractivity contribution in [1.82, 2.24) is 39.0 Å². The van der Waals surface area contributed by atoms with Gasteiger partial charge in [0.1, 0.15) is 73.0 Å². The molecule has 7 heterocycles. The van der Waals surface area contributed by atoms with Crippen molar-refractivity contribution in [2.75, 3.05) is 37.4 Å². The normalized spacial score (nSPS) is 37.7. The van der Waals surface area contributed by atoms with E-state index in [1.807, 2.05) is 0 Å². The maximum Gasteiger partial charge on any atom is 0.353 e. The molecule has 7 rings (SSSR count). The maximum absolute atomic E-state index is 13.1. The molecule has 0 radical (unpaired) electrons. The van der Waals surface area contributed by atoms with E-state index in [0.29, 0.717) is 0 Å². The largest absolute Gasteiger partial charge is 0.387 e. The second-order valence-corrected chi connectivity index (χ2v) is 14.2.